The molecule has 0 fully saturated rings. The number of nitrogens with one attached hydrogen (secondary N) is 1. The van der Waals surface area contributed by atoms with Crippen molar-refractivity contribution in [2.45, 2.75) is 12.8 Å². The third-order valence-corrected chi connectivity index (χ3v) is 4.57. The van der Waals surface area contributed by atoms with E-state index in [0.29, 0.717) is 13.0 Å². The second-order valence-electron chi connectivity index (χ2n) is 5.07. The molecular weight excluding hydrogens is 316 g/mol. The van der Waals surface area contributed by atoms with E-state index in [4.69, 9.17) is 4.74 Å². The number of ether oxygens (including phenoxy) is 1. The van der Waals surface area contributed by atoms with E-state index in [0.717, 1.165) is 17.6 Å². The maximum atomic E-state index is 11.8. The molecule has 6 nitrogen and oxygen atoms in total. The Bertz CT molecular complexity index is 629. The second kappa shape index (κ2) is 9.32. The van der Waals surface area contributed by atoms with Gasteiger partial charge in [-0.2, -0.15) is 4.31 Å². The van der Waals surface area contributed by atoms with Gasteiger partial charge in [0.2, 0.25) is 15.9 Å². The summed E-state index contributed by atoms with van der Waals surface area (Å²) in [5.41, 5.74) is 1.01. The molecule has 0 saturated carbocycles. The number of nitrogens with zero attached hydrogens (tertiary/aromatic N) is 1. The SMILES string of the molecule is C=CCN(CCC(=O)NCCc1ccccc1OC)S(C)(=O)=O. The van der Waals surface area contributed by atoms with Gasteiger partial charge in [0, 0.05) is 26.1 Å². The van der Waals surface area contributed by atoms with E-state index in [2.05, 4.69) is 11.9 Å². The minimum absolute atomic E-state index is 0.118. The monoisotopic (exact) mass is 340 g/mol. The molecule has 0 atom stereocenters. The van der Waals surface area contributed by atoms with Crippen molar-refractivity contribution in [3.05, 3.63) is 42.5 Å². The Morgan fingerprint density at radius 1 is 1.39 bits per heavy atom. The fourth-order valence-electron chi connectivity index (χ4n) is 2.10. The zero-order valence-electron chi connectivity index (χ0n) is 13.6. The molecule has 0 spiro atoms. The minimum atomic E-state index is -3.33. The Hall–Kier alpha value is -1.86. The van der Waals surface area contributed by atoms with Crippen LogP contribution < -0.4 is 10.1 Å². The molecule has 1 aromatic carbocycles. The summed E-state index contributed by atoms with van der Waals surface area (Å²) in [5, 5.41) is 2.79. The summed E-state index contributed by atoms with van der Waals surface area (Å²) in [6.45, 7) is 4.34. The van der Waals surface area contributed by atoms with Crippen molar-refractivity contribution in [2.24, 2.45) is 0 Å². The highest BCUT2D eigenvalue weighted by atomic mass is 32.2. The standard InChI is InChI=1S/C16H24N2O4S/c1-4-12-18(23(3,20)21)13-10-16(19)17-11-9-14-7-5-6-8-15(14)22-2/h4-8H,1,9-13H2,2-3H3,(H,17,19). The third kappa shape index (κ3) is 6.83. The number of methoxy groups -OCH3 is 1. The van der Waals surface area contributed by atoms with Crippen molar-refractivity contribution < 1.29 is 17.9 Å². The number of hydrogen-bond acceptors (Lipinski definition) is 4. The van der Waals surface area contributed by atoms with Crippen LogP contribution in [0.15, 0.2) is 36.9 Å². The number of carbonyl (C=O) groups is 1. The Kier molecular flexibility index (Phi) is 7.77. The highest BCUT2D eigenvalue weighted by Crippen LogP contribution is 2.17. The van der Waals surface area contributed by atoms with E-state index >= 15 is 0 Å². The molecule has 0 aliphatic heterocycles. The van der Waals surface area contributed by atoms with Crippen LogP contribution in [0, 0.1) is 0 Å². The van der Waals surface area contributed by atoms with E-state index in [9.17, 15) is 13.2 Å². The van der Waals surface area contributed by atoms with Crippen molar-refractivity contribution in [1.82, 2.24) is 9.62 Å². The predicted molar refractivity (Wildman–Crippen MR) is 90.9 cm³/mol. The first-order chi connectivity index (χ1) is 10.9. The largest absolute Gasteiger partial charge is 0.496 e. The molecule has 1 N–H and O–H groups in total. The van der Waals surface area contributed by atoms with Crippen molar-refractivity contribution in [3.8, 4) is 5.75 Å². The van der Waals surface area contributed by atoms with Gasteiger partial charge in [-0.3, -0.25) is 4.79 Å². The van der Waals surface area contributed by atoms with Gasteiger partial charge in [-0.25, -0.2) is 8.42 Å². The van der Waals surface area contributed by atoms with E-state index in [1.807, 2.05) is 24.3 Å². The zero-order chi connectivity index (χ0) is 17.3. The van der Waals surface area contributed by atoms with Crippen LogP contribution in [0.2, 0.25) is 0 Å². The number of amides is 1. The lowest BCUT2D eigenvalue weighted by Crippen LogP contribution is -2.35. The predicted octanol–water partition coefficient (Wildman–Crippen LogP) is 1.19. The Labute approximate surface area is 138 Å². The molecule has 0 aliphatic carbocycles. The van der Waals surface area contributed by atoms with Crippen LogP contribution in [0.4, 0.5) is 0 Å². The molecule has 0 aliphatic rings. The number of hydrogen-bond donors (Lipinski definition) is 1. The number of rotatable bonds is 10. The van der Waals surface area contributed by atoms with E-state index in [1.165, 1.54) is 10.4 Å². The van der Waals surface area contributed by atoms with Gasteiger partial charge in [0.05, 0.1) is 13.4 Å². The highest BCUT2D eigenvalue weighted by Gasteiger charge is 2.16. The summed E-state index contributed by atoms with van der Waals surface area (Å²) in [4.78, 5) is 11.8. The van der Waals surface area contributed by atoms with E-state index in [1.54, 1.807) is 7.11 Å². The van der Waals surface area contributed by atoms with Gasteiger partial charge in [-0.1, -0.05) is 24.3 Å². The summed E-state index contributed by atoms with van der Waals surface area (Å²) in [6.07, 6.45) is 3.39. The van der Waals surface area contributed by atoms with Gasteiger partial charge in [0.1, 0.15) is 5.75 Å². The minimum Gasteiger partial charge on any atom is -0.496 e. The molecule has 23 heavy (non-hydrogen) atoms. The molecule has 0 aromatic heterocycles. The molecule has 0 saturated heterocycles. The van der Waals surface area contributed by atoms with Crippen LogP contribution >= 0.6 is 0 Å². The smallest absolute Gasteiger partial charge is 0.221 e. The average Bonchev–Trinajstić information content (AvgIpc) is 2.50. The Balaban J connectivity index is 2.41. The molecule has 128 valence electrons. The first-order valence-electron chi connectivity index (χ1n) is 7.33. The third-order valence-electron chi connectivity index (χ3n) is 3.30. The second-order valence-corrected chi connectivity index (χ2v) is 7.05. The number of sulfonamides is 1. The molecule has 1 aromatic rings. The van der Waals surface area contributed by atoms with Gasteiger partial charge in [-0.05, 0) is 18.1 Å². The maximum absolute atomic E-state index is 11.8. The molecule has 1 rings (SSSR count). The first-order valence-corrected chi connectivity index (χ1v) is 9.18. The zero-order valence-corrected chi connectivity index (χ0v) is 14.4. The molecule has 0 unspecified atom stereocenters. The van der Waals surface area contributed by atoms with E-state index in [-0.39, 0.29) is 25.4 Å². The van der Waals surface area contributed by atoms with Crippen molar-refractivity contribution in [3.63, 3.8) is 0 Å². The van der Waals surface area contributed by atoms with Gasteiger partial charge in [-0.15, -0.1) is 6.58 Å². The fourth-order valence-corrected chi connectivity index (χ4v) is 2.90. The number of carbonyl (C=O) groups excluding carboxylic acids is 1. The van der Waals surface area contributed by atoms with Crippen molar-refractivity contribution >= 4 is 15.9 Å². The van der Waals surface area contributed by atoms with Gasteiger partial charge in [0.25, 0.3) is 0 Å². The van der Waals surface area contributed by atoms with Gasteiger partial charge >= 0.3 is 0 Å². The molecule has 0 radical (unpaired) electrons. The topological polar surface area (TPSA) is 75.7 Å². The van der Waals surface area contributed by atoms with Crippen LogP contribution in [-0.2, 0) is 21.2 Å². The van der Waals surface area contributed by atoms with Gasteiger partial charge in [0.15, 0.2) is 0 Å². The lowest BCUT2D eigenvalue weighted by Gasteiger charge is -2.17. The summed E-state index contributed by atoms with van der Waals surface area (Å²) >= 11 is 0. The lowest BCUT2D eigenvalue weighted by atomic mass is 10.1. The maximum Gasteiger partial charge on any atom is 0.221 e. The van der Waals surface area contributed by atoms with Crippen molar-refractivity contribution in [2.75, 3.05) is 33.0 Å². The summed E-state index contributed by atoms with van der Waals surface area (Å²) in [5.74, 6) is 0.605. The average molecular weight is 340 g/mol. The van der Waals surface area contributed by atoms with Gasteiger partial charge < -0.3 is 10.1 Å². The highest BCUT2D eigenvalue weighted by molar-refractivity contribution is 7.88. The number of benzene rings is 1. The van der Waals surface area contributed by atoms with E-state index < -0.39 is 10.0 Å². The molecular formula is C16H24N2O4S. The van der Waals surface area contributed by atoms with Crippen molar-refractivity contribution in [1.29, 1.82) is 0 Å². The lowest BCUT2D eigenvalue weighted by molar-refractivity contribution is -0.121. The first kappa shape index (κ1) is 19.2. The van der Waals surface area contributed by atoms with Crippen LogP contribution in [0.1, 0.15) is 12.0 Å². The van der Waals surface area contributed by atoms with Crippen LogP contribution in [0.5, 0.6) is 5.75 Å². The van der Waals surface area contributed by atoms with Crippen LogP contribution in [0.25, 0.3) is 0 Å². The van der Waals surface area contributed by atoms with Crippen LogP contribution in [-0.4, -0.2) is 51.6 Å². The molecule has 0 bridgehead atoms. The summed E-state index contributed by atoms with van der Waals surface area (Å²) in [7, 11) is -1.72. The summed E-state index contributed by atoms with van der Waals surface area (Å²) < 4.78 is 29.5. The van der Waals surface area contributed by atoms with Crippen LogP contribution in [0.3, 0.4) is 0 Å². The quantitative estimate of drug-likeness (QED) is 0.649. The molecule has 0 heterocycles. The normalized spacial score (nSPS) is 11.3. The number of para-hydroxylation sites is 1. The summed E-state index contributed by atoms with van der Waals surface area (Å²) in [6, 6.07) is 7.62. The fraction of sp³-hybridized carbons (Fsp3) is 0.438. The Morgan fingerprint density at radius 2 is 2.09 bits per heavy atom. The molecule has 7 heteroatoms. The Morgan fingerprint density at radius 3 is 2.70 bits per heavy atom. The molecule has 1 amide bonds.